The summed E-state index contributed by atoms with van der Waals surface area (Å²) in [5, 5.41) is 8.69. The van der Waals surface area contributed by atoms with Crippen molar-refractivity contribution >= 4 is 11.9 Å². The molecule has 1 unspecified atom stereocenters. The zero-order valence-corrected chi connectivity index (χ0v) is 12.4. The van der Waals surface area contributed by atoms with E-state index in [-0.39, 0.29) is 24.3 Å². The van der Waals surface area contributed by atoms with Crippen molar-refractivity contribution in [2.75, 3.05) is 6.54 Å². The molecule has 1 aromatic rings. The third-order valence-corrected chi connectivity index (χ3v) is 3.37. The van der Waals surface area contributed by atoms with Gasteiger partial charge in [0.2, 0.25) is 5.91 Å². The van der Waals surface area contributed by atoms with Gasteiger partial charge in [0.05, 0.1) is 5.92 Å². The lowest BCUT2D eigenvalue weighted by Gasteiger charge is -2.29. The van der Waals surface area contributed by atoms with Crippen LogP contribution in [0, 0.1) is 0 Å². The fraction of sp³-hybridized carbons (Fsp3) is 0.500. The van der Waals surface area contributed by atoms with Gasteiger partial charge in [-0.1, -0.05) is 30.3 Å². The maximum Gasteiger partial charge on any atom is 0.303 e. The smallest absolute Gasteiger partial charge is 0.303 e. The molecule has 1 atom stereocenters. The molecule has 0 aliphatic carbocycles. The van der Waals surface area contributed by atoms with Gasteiger partial charge in [0, 0.05) is 19.0 Å². The van der Waals surface area contributed by atoms with Gasteiger partial charge in [-0.05, 0) is 32.8 Å². The molecule has 0 fully saturated rings. The topological polar surface area (TPSA) is 57.6 Å². The van der Waals surface area contributed by atoms with E-state index in [1.807, 2.05) is 51.1 Å². The molecule has 4 nitrogen and oxygen atoms in total. The van der Waals surface area contributed by atoms with Crippen molar-refractivity contribution in [2.24, 2.45) is 0 Å². The molecule has 0 radical (unpaired) electrons. The number of carboxylic acids is 1. The van der Waals surface area contributed by atoms with Crippen LogP contribution in [0.3, 0.4) is 0 Å². The second-order valence-corrected chi connectivity index (χ2v) is 5.26. The summed E-state index contributed by atoms with van der Waals surface area (Å²) in [6, 6.07) is 9.72. The molecule has 0 spiro atoms. The number of carbonyl (C=O) groups is 2. The molecular weight excluding hydrogens is 254 g/mol. The molecule has 20 heavy (non-hydrogen) atoms. The van der Waals surface area contributed by atoms with Gasteiger partial charge < -0.3 is 10.0 Å². The van der Waals surface area contributed by atoms with Gasteiger partial charge in [0.25, 0.3) is 0 Å². The average Bonchev–Trinajstić information content (AvgIpc) is 2.42. The highest BCUT2D eigenvalue weighted by atomic mass is 16.4. The minimum atomic E-state index is -0.822. The SMILES string of the molecule is CC(C(=O)N(CCCC(=O)O)C(C)C)c1ccccc1. The highest BCUT2D eigenvalue weighted by Gasteiger charge is 2.23. The van der Waals surface area contributed by atoms with E-state index in [1.54, 1.807) is 4.90 Å². The van der Waals surface area contributed by atoms with Crippen LogP contribution in [-0.4, -0.2) is 34.5 Å². The van der Waals surface area contributed by atoms with Crippen molar-refractivity contribution in [3.05, 3.63) is 35.9 Å². The van der Waals surface area contributed by atoms with E-state index in [2.05, 4.69) is 0 Å². The maximum absolute atomic E-state index is 12.5. The van der Waals surface area contributed by atoms with Gasteiger partial charge in [0.15, 0.2) is 0 Å². The molecule has 1 rings (SSSR count). The third kappa shape index (κ3) is 4.68. The lowest BCUT2D eigenvalue weighted by molar-refractivity contribution is -0.139. The summed E-state index contributed by atoms with van der Waals surface area (Å²) in [5.74, 6) is -0.975. The van der Waals surface area contributed by atoms with Crippen LogP contribution in [0.1, 0.15) is 45.1 Å². The Bertz CT molecular complexity index is 442. The molecule has 0 aliphatic heterocycles. The van der Waals surface area contributed by atoms with Crippen molar-refractivity contribution in [1.82, 2.24) is 4.90 Å². The zero-order valence-electron chi connectivity index (χ0n) is 12.4. The lowest BCUT2D eigenvalue weighted by Crippen LogP contribution is -2.40. The fourth-order valence-electron chi connectivity index (χ4n) is 2.16. The number of amides is 1. The van der Waals surface area contributed by atoms with Crippen LogP contribution in [0.25, 0.3) is 0 Å². The third-order valence-electron chi connectivity index (χ3n) is 3.37. The van der Waals surface area contributed by atoms with Crippen molar-refractivity contribution in [3.8, 4) is 0 Å². The second-order valence-electron chi connectivity index (χ2n) is 5.26. The van der Waals surface area contributed by atoms with Gasteiger partial charge in [-0.3, -0.25) is 9.59 Å². The summed E-state index contributed by atoms with van der Waals surface area (Å²) in [5.41, 5.74) is 0.987. The summed E-state index contributed by atoms with van der Waals surface area (Å²) >= 11 is 0. The Balaban J connectivity index is 2.71. The summed E-state index contributed by atoms with van der Waals surface area (Å²) in [6.07, 6.45) is 0.580. The van der Waals surface area contributed by atoms with Crippen LogP contribution in [0.2, 0.25) is 0 Å². The second kappa shape index (κ2) is 7.68. The van der Waals surface area contributed by atoms with Gasteiger partial charge in [-0.2, -0.15) is 0 Å². The van der Waals surface area contributed by atoms with E-state index in [9.17, 15) is 9.59 Å². The predicted molar refractivity (Wildman–Crippen MR) is 78.6 cm³/mol. The Morgan fingerprint density at radius 2 is 1.75 bits per heavy atom. The Kier molecular flexibility index (Phi) is 6.22. The van der Waals surface area contributed by atoms with Gasteiger partial charge >= 0.3 is 5.97 Å². The van der Waals surface area contributed by atoms with Gasteiger partial charge in [-0.25, -0.2) is 0 Å². The number of hydrogen-bond acceptors (Lipinski definition) is 2. The number of carboxylic acid groups (broad SMARTS) is 1. The molecule has 0 heterocycles. The van der Waals surface area contributed by atoms with Gasteiger partial charge in [-0.15, -0.1) is 0 Å². The summed E-state index contributed by atoms with van der Waals surface area (Å²) < 4.78 is 0. The van der Waals surface area contributed by atoms with Gasteiger partial charge in [0.1, 0.15) is 0 Å². The average molecular weight is 277 g/mol. The molecule has 1 N–H and O–H groups in total. The normalized spacial score (nSPS) is 12.2. The number of carbonyl (C=O) groups excluding carboxylic acids is 1. The zero-order chi connectivity index (χ0) is 15.1. The fourth-order valence-corrected chi connectivity index (χ4v) is 2.16. The van der Waals surface area contributed by atoms with Crippen LogP contribution in [0.5, 0.6) is 0 Å². The molecule has 0 aromatic heterocycles. The highest BCUT2D eigenvalue weighted by molar-refractivity contribution is 5.83. The predicted octanol–water partition coefficient (Wildman–Crippen LogP) is 2.89. The molecule has 0 saturated heterocycles. The quantitative estimate of drug-likeness (QED) is 0.833. The highest BCUT2D eigenvalue weighted by Crippen LogP contribution is 2.19. The molecular formula is C16H23NO3. The van der Waals surface area contributed by atoms with E-state index in [0.29, 0.717) is 13.0 Å². The first-order valence-corrected chi connectivity index (χ1v) is 7.00. The standard InChI is InChI=1S/C16H23NO3/c1-12(2)17(11-7-10-15(18)19)16(20)13(3)14-8-5-4-6-9-14/h4-6,8-9,12-13H,7,10-11H2,1-3H3,(H,18,19). The van der Waals surface area contributed by atoms with E-state index in [1.165, 1.54) is 0 Å². The Morgan fingerprint density at radius 3 is 2.25 bits per heavy atom. The molecule has 1 amide bonds. The Labute approximate surface area is 120 Å². The number of benzene rings is 1. The van der Waals surface area contributed by atoms with E-state index < -0.39 is 5.97 Å². The molecule has 1 aromatic carbocycles. The minimum Gasteiger partial charge on any atom is -0.481 e. The van der Waals surface area contributed by atoms with E-state index in [0.717, 1.165) is 5.56 Å². The molecule has 0 saturated carbocycles. The number of aliphatic carboxylic acids is 1. The number of hydrogen-bond donors (Lipinski definition) is 1. The summed E-state index contributed by atoms with van der Waals surface area (Å²) in [4.78, 5) is 24.9. The summed E-state index contributed by atoms with van der Waals surface area (Å²) in [7, 11) is 0. The van der Waals surface area contributed by atoms with Crippen LogP contribution in [0.4, 0.5) is 0 Å². The van der Waals surface area contributed by atoms with Crippen LogP contribution in [-0.2, 0) is 9.59 Å². The first-order valence-electron chi connectivity index (χ1n) is 7.00. The molecule has 110 valence electrons. The van der Waals surface area contributed by atoms with E-state index in [4.69, 9.17) is 5.11 Å². The largest absolute Gasteiger partial charge is 0.481 e. The van der Waals surface area contributed by atoms with Crippen LogP contribution < -0.4 is 0 Å². The number of rotatable bonds is 7. The maximum atomic E-state index is 12.5. The summed E-state index contributed by atoms with van der Waals surface area (Å²) in [6.45, 7) is 6.29. The Hall–Kier alpha value is -1.84. The molecule has 0 aliphatic rings. The van der Waals surface area contributed by atoms with E-state index >= 15 is 0 Å². The van der Waals surface area contributed by atoms with Crippen molar-refractivity contribution in [2.45, 2.75) is 45.6 Å². The van der Waals surface area contributed by atoms with Crippen LogP contribution >= 0.6 is 0 Å². The van der Waals surface area contributed by atoms with Crippen molar-refractivity contribution in [3.63, 3.8) is 0 Å². The minimum absolute atomic E-state index is 0.0524. The monoisotopic (exact) mass is 277 g/mol. The Morgan fingerprint density at radius 1 is 1.15 bits per heavy atom. The van der Waals surface area contributed by atoms with Crippen molar-refractivity contribution in [1.29, 1.82) is 0 Å². The lowest BCUT2D eigenvalue weighted by atomic mass is 9.99. The van der Waals surface area contributed by atoms with Crippen molar-refractivity contribution < 1.29 is 14.7 Å². The first-order chi connectivity index (χ1) is 9.43. The van der Waals surface area contributed by atoms with Crippen LogP contribution in [0.15, 0.2) is 30.3 Å². The first kappa shape index (κ1) is 16.2. The number of nitrogens with zero attached hydrogens (tertiary/aromatic N) is 1. The molecule has 0 bridgehead atoms. The molecule has 4 heteroatoms.